The lowest BCUT2D eigenvalue weighted by molar-refractivity contribution is -1.92. The van der Waals surface area contributed by atoms with E-state index in [9.17, 15) is 0 Å². The highest BCUT2D eigenvalue weighted by molar-refractivity contribution is 4.49. The van der Waals surface area contributed by atoms with E-state index in [1.54, 1.807) is 0 Å². The van der Waals surface area contributed by atoms with Crippen LogP contribution in [0.3, 0.4) is 0 Å². The van der Waals surface area contributed by atoms with Gasteiger partial charge in [-0.1, -0.05) is 129 Å². The molecule has 5 nitrogen and oxygen atoms in total. The summed E-state index contributed by atoms with van der Waals surface area (Å²) in [5.41, 5.74) is 0. The van der Waals surface area contributed by atoms with Crippen molar-refractivity contribution in [2.45, 2.75) is 142 Å². The van der Waals surface area contributed by atoms with Gasteiger partial charge in [-0.3, -0.25) is 0 Å². The third kappa shape index (κ3) is 42.2. The number of hydrogen-bond acceptors (Lipinski definition) is 5. The van der Waals surface area contributed by atoms with E-state index in [1.165, 1.54) is 128 Å². The summed E-state index contributed by atoms with van der Waals surface area (Å²) in [5, 5.41) is 0. The maximum atomic E-state index is 8.60. The molecule has 30 heavy (non-hydrogen) atoms. The summed E-state index contributed by atoms with van der Waals surface area (Å²) in [5.74, 6) is 0. The van der Waals surface area contributed by atoms with Crippen LogP contribution in [-0.2, 0) is 4.74 Å². The molecule has 0 aliphatic carbocycles. The van der Waals surface area contributed by atoms with Crippen LogP contribution in [0.2, 0.25) is 0 Å². The van der Waals surface area contributed by atoms with Crippen LogP contribution in [0.25, 0.3) is 0 Å². The van der Waals surface area contributed by atoms with E-state index in [2.05, 4.69) is 13.8 Å². The lowest BCUT2D eigenvalue weighted by Gasteiger charge is -2.05. The predicted molar refractivity (Wildman–Crippen MR) is 117 cm³/mol. The minimum absolute atomic E-state index is 0.994. The monoisotopic (exact) mass is 454 g/mol. The standard InChI is InChI=1S/C24H50O.ClHO4/c1-3-5-7-9-11-13-15-17-19-21-23-25-24-22-20-18-16-14-12-10-8-6-4-2;2-1(3,4)5/h3-24H2,1-2H3;(H,2,3,4,5). The summed E-state index contributed by atoms with van der Waals surface area (Å²) in [7, 11) is -4.69. The molecule has 0 amide bonds. The van der Waals surface area contributed by atoms with E-state index in [4.69, 9.17) is 23.4 Å². The predicted octanol–water partition coefficient (Wildman–Crippen LogP) is 4.72. The Labute approximate surface area is 189 Å². The van der Waals surface area contributed by atoms with Gasteiger partial charge in [0.1, 0.15) is 0 Å². The molecule has 0 unspecified atom stereocenters. The largest absolute Gasteiger partial charge is 0.381 e. The van der Waals surface area contributed by atoms with Gasteiger partial charge in [0.15, 0.2) is 0 Å². The molecule has 184 valence electrons. The first-order valence-corrected chi connectivity index (χ1v) is 13.9. The molecule has 0 heterocycles. The van der Waals surface area contributed by atoms with E-state index in [-0.39, 0.29) is 0 Å². The summed E-state index contributed by atoms with van der Waals surface area (Å²) in [6.07, 6.45) is 28.2. The fourth-order valence-electron chi connectivity index (χ4n) is 3.49. The van der Waals surface area contributed by atoms with Crippen molar-refractivity contribution in [1.82, 2.24) is 0 Å². The Balaban J connectivity index is 0. The lowest BCUT2D eigenvalue weighted by Crippen LogP contribution is -2.58. The second-order valence-corrected chi connectivity index (χ2v) is 9.16. The van der Waals surface area contributed by atoms with E-state index in [0.717, 1.165) is 13.2 Å². The number of ether oxygens (including phenoxy) is 1. The van der Waals surface area contributed by atoms with Crippen molar-refractivity contribution < 1.29 is 33.6 Å². The van der Waals surface area contributed by atoms with Crippen molar-refractivity contribution in [1.29, 1.82) is 0 Å². The van der Waals surface area contributed by atoms with Crippen molar-refractivity contribution in [3.63, 3.8) is 0 Å². The maximum Gasteiger partial charge on any atom is 0.0777 e. The van der Waals surface area contributed by atoms with Gasteiger partial charge < -0.3 is 4.74 Å². The Hall–Kier alpha value is 0.0900. The average molecular weight is 455 g/mol. The van der Waals surface area contributed by atoms with Gasteiger partial charge in [-0.05, 0) is 12.8 Å². The van der Waals surface area contributed by atoms with E-state index < -0.39 is 10.2 Å². The summed E-state index contributed by atoms with van der Waals surface area (Å²) in [6, 6.07) is 0. The average Bonchev–Trinajstić information content (AvgIpc) is 2.68. The summed E-state index contributed by atoms with van der Waals surface area (Å²) < 4.78 is 38.5. The minimum Gasteiger partial charge on any atom is -0.381 e. The van der Waals surface area contributed by atoms with Gasteiger partial charge in [0, 0.05) is 13.2 Å². The molecular weight excluding hydrogens is 404 g/mol. The topological polar surface area (TPSA) is 98.6 Å². The van der Waals surface area contributed by atoms with Gasteiger partial charge >= 0.3 is 0 Å². The lowest BCUT2D eigenvalue weighted by atomic mass is 10.1. The van der Waals surface area contributed by atoms with Crippen LogP contribution < -0.4 is 14.0 Å². The molecule has 0 radical (unpaired) electrons. The summed E-state index contributed by atoms with van der Waals surface area (Å²) in [4.78, 5) is 0. The maximum absolute atomic E-state index is 8.60. The van der Waals surface area contributed by atoms with Crippen LogP contribution in [0.15, 0.2) is 0 Å². The molecule has 0 aromatic carbocycles. The molecule has 0 atom stereocenters. The zero-order chi connectivity index (χ0) is 22.8. The second-order valence-electron chi connectivity index (χ2n) is 8.37. The number of unbranched alkanes of at least 4 members (excludes halogenated alkanes) is 18. The Kier molecular flexibility index (Phi) is 29.2. The first-order chi connectivity index (χ1) is 14.4. The molecule has 0 saturated carbocycles. The van der Waals surface area contributed by atoms with Crippen molar-refractivity contribution >= 4 is 0 Å². The van der Waals surface area contributed by atoms with Crippen LogP contribution >= 0.6 is 0 Å². The Morgan fingerprint density at radius 3 is 0.900 bits per heavy atom. The fourth-order valence-corrected chi connectivity index (χ4v) is 3.49. The Bertz CT molecular complexity index is 270. The Morgan fingerprint density at radius 2 is 0.667 bits per heavy atom. The number of hydrogen-bond donors (Lipinski definition) is 1. The summed E-state index contributed by atoms with van der Waals surface area (Å²) in [6.45, 7) is 6.57. The normalized spacial score (nSPS) is 11.4. The van der Waals surface area contributed by atoms with Gasteiger partial charge in [-0.15, -0.1) is 0 Å². The van der Waals surface area contributed by atoms with Crippen LogP contribution in [-0.4, -0.2) is 17.9 Å². The molecule has 0 fully saturated rings. The molecule has 0 aromatic rings. The van der Waals surface area contributed by atoms with Crippen molar-refractivity contribution in [3.8, 4) is 0 Å². The SMILES string of the molecule is CCCCCCCCCCCCOCCCCCCCCCCCC.[O-][Cl+3]([O-])([O-])O. The van der Waals surface area contributed by atoms with Gasteiger partial charge in [0.25, 0.3) is 0 Å². The third-order valence-corrected chi connectivity index (χ3v) is 5.28. The summed E-state index contributed by atoms with van der Waals surface area (Å²) >= 11 is 0. The highest BCUT2D eigenvalue weighted by atomic mass is 35.7. The van der Waals surface area contributed by atoms with E-state index in [0.29, 0.717) is 0 Å². The zero-order valence-electron chi connectivity index (χ0n) is 20.0. The molecule has 0 bridgehead atoms. The highest BCUT2D eigenvalue weighted by Gasteiger charge is 1.99. The molecule has 0 aliphatic heterocycles. The van der Waals surface area contributed by atoms with Gasteiger partial charge in [0.05, 0.1) is 14.9 Å². The van der Waals surface area contributed by atoms with Gasteiger partial charge in [-0.2, -0.15) is 14.0 Å². The molecule has 0 aromatic heterocycles. The highest BCUT2D eigenvalue weighted by Crippen LogP contribution is 2.12. The van der Waals surface area contributed by atoms with Crippen LogP contribution in [0.5, 0.6) is 0 Å². The molecule has 0 aliphatic rings. The van der Waals surface area contributed by atoms with E-state index in [1.807, 2.05) is 0 Å². The molecule has 1 N–H and O–H groups in total. The van der Waals surface area contributed by atoms with Crippen molar-refractivity contribution in [2.75, 3.05) is 13.2 Å². The molecule has 6 heteroatoms. The molecule has 0 saturated heterocycles. The zero-order valence-corrected chi connectivity index (χ0v) is 20.8. The minimum atomic E-state index is -4.69. The third-order valence-electron chi connectivity index (χ3n) is 5.28. The second kappa shape index (κ2) is 27.1. The van der Waals surface area contributed by atoms with Gasteiger partial charge in [-0.25, -0.2) is 0 Å². The number of rotatable bonds is 22. The molecule has 0 spiro atoms. The molecule has 0 rings (SSSR count). The van der Waals surface area contributed by atoms with Crippen molar-refractivity contribution in [3.05, 3.63) is 0 Å². The Morgan fingerprint density at radius 1 is 0.467 bits per heavy atom. The smallest absolute Gasteiger partial charge is 0.0777 e. The van der Waals surface area contributed by atoms with Crippen LogP contribution in [0.1, 0.15) is 142 Å². The first-order valence-electron chi connectivity index (χ1n) is 12.6. The number of halogens is 1. The quantitative estimate of drug-likeness (QED) is 0.238. The van der Waals surface area contributed by atoms with Crippen molar-refractivity contribution in [2.24, 2.45) is 0 Å². The van der Waals surface area contributed by atoms with Crippen LogP contribution in [0, 0.1) is 10.2 Å². The van der Waals surface area contributed by atoms with Gasteiger partial charge in [0.2, 0.25) is 0 Å². The van der Waals surface area contributed by atoms with Crippen LogP contribution in [0.4, 0.5) is 0 Å². The fraction of sp³-hybridized carbons (Fsp3) is 1.00. The van der Waals surface area contributed by atoms with E-state index >= 15 is 0 Å². The first kappa shape index (κ1) is 32.3. The molecular formula is C24H51ClO5.